The molecule has 0 aliphatic carbocycles. The topological polar surface area (TPSA) is 156 Å². The summed E-state index contributed by atoms with van der Waals surface area (Å²) in [7, 11) is 0. The number of hydrogen-bond acceptors (Lipinski definition) is 11. The number of carbonyl (C=O) groups excluding carboxylic acids is 1. The third-order valence-electron chi connectivity index (χ3n) is 7.30. The molecule has 2 aliphatic rings. The lowest BCUT2D eigenvalue weighted by Crippen LogP contribution is -2.58. The third-order valence-corrected chi connectivity index (χ3v) is 7.82. The van der Waals surface area contributed by atoms with E-state index in [1.807, 2.05) is 0 Å². The van der Waals surface area contributed by atoms with E-state index in [0.29, 0.717) is 43.9 Å². The first-order chi connectivity index (χ1) is 18.7. The van der Waals surface area contributed by atoms with Gasteiger partial charge in [-0.25, -0.2) is 19.3 Å². The van der Waals surface area contributed by atoms with Crippen LogP contribution in [0.15, 0.2) is 10.5 Å². The zero-order chi connectivity index (χ0) is 27.8. The average Bonchev–Trinajstić information content (AvgIpc) is 3.37. The van der Waals surface area contributed by atoms with Crippen molar-refractivity contribution in [3.63, 3.8) is 0 Å². The Kier molecular flexibility index (Phi) is 7.74. The molecular weight excluding hydrogens is 550 g/mol. The van der Waals surface area contributed by atoms with Crippen molar-refractivity contribution in [2.75, 3.05) is 49.1 Å². The second-order valence-electron chi connectivity index (χ2n) is 9.66. The minimum Gasteiger partial charge on any atom is -0.420 e. The van der Waals surface area contributed by atoms with E-state index in [1.165, 1.54) is 0 Å². The molecule has 2 fully saturated rings. The molecule has 1 amide bonds. The van der Waals surface area contributed by atoms with Crippen LogP contribution in [0.1, 0.15) is 42.4 Å². The van der Waals surface area contributed by atoms with E-state index in [-0.39, 0.29) is 51.0 Å². The Morgan fingerprint density at radius 1 is 1.08 bits per heavy atom. The molecule has 0 radical (unpaired) electrons. The minimum atomic E-state index is -0.765. The van der Waals surface area contributed by atoms with Crippen LogP contribution in [-0.2, 0) is 0 Å². The molecule has 2 aliphatic heterocycles. The van der Waals surface area contributed by atoms with E-state index in [9.17, 15) is 9.18 Å². The van der Waals surface area contributed by atoms with Gasteiger partial charge in [0.15, 0.2) is 33.5 Å². The van der Waals surface area contributed by atoms with E-state index >= 15 is 0 Å². The smallest absolute Gasteiger partial charge is 0.270 e. The zero-order valence-corrected chi connectivity index (χ0v) is 23.1. The van der Waals surface area contributed by atoms with E-state index in [2.05, 4.69) is 41.9 Å². The average molecular weight is 579 g/mol. The first kappa shape index (κ1) is 27.3. The number of amides is 1. The van der Waals surface area contributed by atoms with Crippen LogP contribution in [0.3, 0.4) is 0 Å². The number of piperidine rings is 1. The van der Waals surface area contributed by atoms with Crippen molar-refractivity contribution in [2.24, 2.45) is 0 Å². The Labute approximate surface area is 234 Å². The van der Waals surface area contributed by atoms with Gasteiger partial charge in [0.1, 0.15) is 5.82 Å². The number of nitrogens with two attached hydrogens (primary N) is 2. The quantitative estimate of drug-likeness (QED) is 0.428. The van der Waals surface area contributed by atoms with Gasteiger partial charge in [0.25, 0.3) is 11.8 Å². The molecule has 2 saturated heterocycles. The number of aryl methyl sites for hydroxylation is 1. The van der Waals surface area contributed by atoms with Gasteiger partial charge < -0.3 is 25.7 Å². The summed E-state index contributed by atoms with van der Waals surface area (Å²) in [6.45, 7) is 7.08. The highest BCUT2D eigenvalue weighted by Crippen LogP contribution is 2.32. The van der Waals surface area contributed by atoms with Crippen LogP contribution in [0.25, 0.3) is 11.6 Å². The summed E-state index contributed by atoms with van der Waals surface area (Å²) in [5.74, 6) is 0.0829. The molecule has 3 aromatic rings. The molecule has 5 heterocycles. The zero-order valence-electron chi connectivity index (χ0n) is 21.6. The molecule has 0 bridgehead atoms. The van der Waals surface area contributed by atoms with Crippen molar-refractivity contribution < 1.29 is 13.6 Å². The largest absolute Gasteiger partial charge is 0.420 e. The summed E-state index contributed by atoms with van der Waals surface area (Å²) in [4.78, 5) is 31.9. The first-order valence-electron chi connectivity index (χ1n) is 12.7. The van der Waals surface area contributed by atoms with Crippen molar-refractivity contribution in [1.29, 1.82) is 0 Å². The molecule has 1 atom stereocenters. The van der Waals surface area contributed by atoms with Crippen LogP contribution in [0, 0.1) is 12.7 Å². The maximum absolute atomic E-state index is 13.9. The van der Waals surface area contributed by atoms with Crippen molar-refractivity contribution in [3.8, 4) is 11.6 Å². The number of pyridine rings is 1. The predicted molar refractivity (Wildman–Crippen MR) is 145 cm³/mol. The van der Waals surface area contributed by atoms with Gasteiger partial charge in [0.05, 0.1) is 5.56 Å². The number of rotatable bonds is 5. The number of halogens is 3. The molecule has 0 saturated carbocycles. The second kappa shape index (κ2) is 11.1. The first-order valence-corrected chi connectivity index (χ1v) is 13.5. The van der Waals surface area contributed by atoms with Gasteiger partial charge in [-0.3, -0.25) is 9.69 Å². The Morgan fingerprint density at radius 2 is 1.82 bits per heavy atom. The molecule has 15 heteroatoms. The minimum absolute atomic E-state index is 0.0351. The van der Waals surface area contributed by atoms with E-state index < -0.39 is 5.82 Å². The van der Waals surface area contributed by atoms with Crippen LogP contribution >= 0.6 is 23.2 Å². The fourth-order valence-electron chi connectivity index (χ4n) is 5.30. The summed E-state index contributed by atoms with van der Waals surface area (Å²) in [5.41, 5.74) is 12.3. The SMILES string of the molecule is CC[C@H]1CN(c2nc(N)c(-c3nnc(C)o3)nc2Cl)CCN1C1CCN(C(=O)c2cc(F)c(Cl)nc2N)CC1. The van der Waals surface area contributed by atoms with Crippen LogP contribution in [0.4, 0.5) is 21.8 Å². The molecule has 0 spiro atoms. The van der Waals surface area contributed by atoms with Gasteiger partial charge in [0, 0.05) is 51.7 Å². The highest BCUT2D eigenvalue weighted by molar-refractivity contribution is 6.32. The van der Waals surface area contributed by atoms with Crippen molar-refractivity contribution >= 4 is 46.6 Å². The molecule has 0 unspecified atom stereocenters. The second-order valence-corrected chi connectivity index (χ2v) is 10.4. The summed E-state index contributed by atoms with van der Waals surface area (Å²) in [6.07, 6.45) is 2.50. The Morgan fingerprint density at radius 3 is 2.49 bits per heavy atom. The summed E-state index contributed by atoms with van der Waals surface area (Å²) in [6, 6.07) is 1.60. The standard InChI is InChI=1S/C24H29Cl2FN10O2/c1-3-13-11-36(22-19(26)30-17(21(29)32-22)23-34-33-12(2)39-23)8-9-37(13)14-4-6-35(7-5-14)24(38)15-10-16(27)18(25)31-20(15)28/h10,13-14H,3-9,11H2,1-2H3,(H2,28,31)(H2,29,32)/t13-/m0/s1. The number of likely N-dealkylation sites (tertiary alicyclic amines) is 1. The summed E-state index contributed by atoms with van der Waals surface area (Å²) in [5, 5.41) is 7.64. The van der Waals surface area contributed by atoms with Gasteiger partial charge in [-0.05, 0) is 25.3 Å². The number of piperazine rings is 1. The number of nitrogen functional groups attached to an aromatic ring is 2. The Hall–Kier alpha value is -3.29. The van der Waals surface area contributed by atoms with Gasteiger partial charge in [-0.1, -0.05) is 30.1 Å². The van der Waals surface area contributed by atoms with Gasteiger partial charge in [-0.2, -0.15) is 0 Å². The van der Waals surface area contributed by atoms with Crippen LogP contribution in [-0.4, -0.2) is 85.7 Å². The highest BCUT2D eigenvalue weighted by atomic mass is 35.5. The fourth-order valence-corrected chi connectivity index (χ4v) is 5.69. The Bertz CT molecular complexity index is 1380. The Balaban J connectivity index is 1.23. The van der Waals surface area contributed by atoms with Crippen molar-refractivity contribution in [3.05, 3.63) is 33.6 Å². The molecule has 3 aromatic heterocycles. The maximum Gasteiger partial charge on any atom is 0.270 e. The number of aromatic nitrogens is 5. The van der Waals surface area contributed by atoms with E-state index in [1.54, 1.807) is 11.8 Å². The molecule has 39 heavy (non-hydrogen) atoms. The molecular formula is C24H29Cl2FN10O2. The van der Waals surface area contributed by atoms with Gasteiger partial charge in [0.2, 0.25) is 5.89 Å². The molecule has 208 valence electrons. The van der Waals surface area contributed by atoms with Crippen LogP contribution < -0.4 is 16.4 Å². The monoisotopic (exact) mass is 578 g/mol. The summed E-state index contributed by atoms with van der Waals surface area (Å²) < 4.78 is 19.3. The summed E-state index contributed by atoms with van der Waals surface area (Å²) >= 11 is 12.2. The number of carbonyl (C=O) groups is 1. The highest BCUT2D eigenvalue weighted by Gasteiger charge is 2.35. The molecule has 5 rings (SSSR count). The van der Waals surface area contributed by atoms with Gasteiger partial charge in [-0.15, -0.1) is 10.2 Å². The molecule has 0 aromatic carbocycles. The van der Waals surface area contributed by atoms with Gasteiger partial charge >= 0.3 is 0 Å². The molecule has 4 N–H and O–H groups in total. The number of nitrogens with zero attached hydrogens (tertiary/aromatic N) is 8. The fraction of sp³-hybridized carbons (Fsp3) is 0.500. The number of anilines is 3. The van der Waals surface area contributed by atoms with Crippen molar-refractivity contribution in [1.82, 2.24) is 34.9 Å². The van der Waals surface area contributed by atoms with E-state index in [0.717, 1.165) is 31.9 Å². The number of hydrogen-bond donors (Lipinski definition) is 2. The molecule has 12 nitrogen and oxygen atoms in total. The van der Waals surface area contributed by atoms with E-state index in [4.69, 9.17) is 39.1 Å². The lowest BCUT2D eigenvalue weighted by atomic mass is 9.97. The van der Waals surface area contributed by atoms with Crippen LogP contribution in [0.2, 0.25) is 10.3 Å². The normalized spacial score (nSPS) is 19.1. The third kappa shape index (κ3) is 5.43. The van der Waals surface area contributed by atoms with Crippen molar-refractivity contribution in [2.45, 2.75) is 45.2 Å². The lowest BCUT2D eigenvalue weighted by molar-refractivity contribution is 0.0491. The lowest BCUT2D eigenvalue weighted by Gasteiger charge is -2.47. The van der Waals surface area contributed by atoms with Crippen LogP contribution in [0.5, 0.6) is 0 Å². The maximum atomic E-state index is 13.9. The predicted octanol–water partition coefficient (Wildman–Crippen LogP) is 3.05.